The van der Waals surface area contributed by atoms with Crippen molar-refractivity contribution in [2.24, 2.45) is 5.92 Å². The van der Waals surface area contributed by atoms with Crippen LogP contribution in [-0.2, 0) is 19.1 Å². The van der Waals surface area contributed by atoms with Crippen molar-refractivity contribution in [3.05, 3.63) is 12.2 Å². The number of amides is 1. The highest BCUT2D eigenvalue weighted by molar-refractivity contribution is 5.77. The van der Waals surface area contributed by atoms with Crippen LogP contribution in [0.5, 0.6) is 0 Å². The van der Waals surface area contributed by atoms with Gasteiger partial charge in [0.2, 0.25) is 5.91 Å². The van der Waals surface area contributed by atoms with Gasteiger partial charge < -0.3 is 19.9 Å². The van der Waals surface area contributed by atoms with Crippen LogP contribution in [0.4, 0.5) is 0 Å². The molecule has 0 aliphatic carbocycles. The fraction of sp³-hybridized carbons (Fsp3) is 0.789. The van der Waals surface area contributed by atoms with Crippen LogP contribution in [-0.4, -0.2) is 60.0 Å². The highest BCUT2D eigenvalue weighted by atomic mass is 16.6. The molecule has 0 saturated carbocycles. The van der Waals surface area contributed by atoms with E-state index in [1.165, 1.54) is 6.92 Å². The van der Waals surface area contributed by atoms with Gasteiger partial charge in [0.1, 0.15) is 17.7 Å². The Morgan fingerprint density at radius 2 is 2.04 bits per heavy atom. The number of nitrogens with one attached hydrogen (secondary N) is 2. The minimum absolute atomic E-state index is 0.00359. The van der Waals surface area contributed by atoms with Crippen molar-refractivity contribution in [2.75, 3.05) is 13.2 Å². The number of carbonyl (C=O) groups excluding carboxylic acids is 2. The summed E-state index contributed by atoms with van der Waals surface area (Å²) < 4.78 is 11.1. The minimum Gasteiger partial charge on any atom is -0.459 e. The van der Waals surface area contributed by atoms with E-state index < -0.39 is 23.8 Å². The Morgan fingerprint density at radius 3 is 2.50 bits per heavy atom. The molecule has 7 heteroatoms. The predicted octanol–water partition coefficient (Wildman–Crippen LogP) is 1.15. The molecule has 3 N–H and O–H groups in total. The van der Waals surface area contributed by atoms with Crippen molar-refractivity contribution in [3.63, 3.8) is 0 Å². The zero-order valence-corrected chi connectivity index (χ0v) is 16.7. The summed E-state index contributed by atoms with van der Waals surface area (Å²) in [4.78, 5) is 24.2. The van der Waals surface area contributed by atoms with E-state index in [2.05, 4.69) is 10.6 Å². The maximum atomic E-state index is 12.5. The number of ether oxygens (including phenoxy) is 2. The van der Waals surface area contributed by atoms with Gasteiger partial charge in [-0.25, -0.2) is 0 Å². The quantitative estimate of drug-likeness (QED) is 0.438. The Labute approximate surface area is 156 Å². The molecular formula is C19H34N2O5. The lowest BCUT2D eigenvalue weighted by molar-refractivity contribution is -0.157. The zero-order valence-electron chi connectivity index (χ0n) is 16.7. The van der Waals surface area contributed by atoms with Crippen molar-refractivity contribution in [1.29, 1.82) is 0 Å². The predicted molar refractivity (Wildman–Crippen MR) is 99.6 cm³/mol. The molecule has 1 rings (SSSR count). The van der Waals surface area contributed by atoms with Crippen molar-refractivity contribution < 1.29 is 24.2 Å². The van der Waals surface area contributed by atoms with Crippen LogP contribution >= 0.6 is 0 Å². The van der Waals surface area contributed by atoms with Gasteiger partial charge in [-0.15, -0.1) is 0 Å². The third kappa shape index (κ3) is 6.70. The monoisotopic (exact) mass is 370 g/mol. The Balaban J connectivity index is 3.05. The molecule has 0 aromatic rings. The molecule has 7 nitrogen and oxygen atoms in total. The summed E-state index contributed by atoms with van der Waals surface area (Å²) >= 11 is 0. The standard InChI is InChI=1S/C19H34N2O5/c1-7-9-13-10-14(18(24)26-19(4,5)6)21-16(13)17(20-12(3)23)15(11-22)25-8-2/h7,9,13-17,21-22H,8,10-11H2,1-6H3,(H,20,23)/b9-7-/t13-,14-,15+,16-,17+/m1/s1. The summed E-state index contributed by atoms with van der Waals surface area (Å²) in [5.74, 6) is -0.521. The Bertz CT molecular complexity index is 501. The van der Waals surface area contributed by atoms with E-state index in [1.807, 2.05) is 46.8 Å². The van der Waals surface area contributed by atoms with Gasteiger partial charge >= 0.3 is 5.97 Å². The van der Waals surface area contributed by atoms with Crippen molar-refractivity contribution in [1.82, 2.24) is 10.6 Å². The SMILES string of the molecule is C/C=C\[C@@H]1C[C@H](C(=O)OC(C)(C)C)N[C@H]1[C@@H](NC(C)=O)[C@H](CO)OCC. The maximum absolute atomic E-state index is 12.5. The number of esters is 1. The molecule has 150 valence electrons. The van der Waals surface area contributed by atoms with Crippen LogP contribution in [0.15, 0.2) is 12.2 Å². The first-order chi connectivity index (χ1) is 12.1. The van der Waals surface area contributed by atoms with E-state index in [0.29, 0.717) is 13.0 Å². The Kier molecular flexibility index (Phi) is 8.73. The second-order valence-corrected chi connectivity index (χ2v) is 7.61. The zero-order chi connectivity index (χ0) is 19.9. The van der Waals surface area contributed by atoms with Crippen LogP contribution in [0.1, 0.15) is 48.0 Å². The molecule has 0 aromatic heterocycles. The van der Waals surface area contributed by atoms with Crippen molar-refractivity contribution in [2.45, 2.75) is 77.8 Å². The number of carbonyl (C=O) groups is 2. The van der Waals surface area contributed by atoms with Crippen LogP contribution in [0.3, 0.4) is 0 Å². The number of hydrogen-bond donors (Lipinski definition) is 3. The van der Waals surface area contributed by atoms with Crippen molar-refractivity contribution >= 4 is 11.9 Å². The number of aliphatic hydroxyl groups excluding tert-OH is 1. The number of allylic oxidation sites excluding steroid dienone is 1. The van der Waals surface area contributed by atoms with Crippen LogP contribution < -0.4 is 10.6 Å². The Morgan fingerprint density at radius 1 is 1.38 bits per heavy atom. The maximum Gasteiger partial charge on any atom is 0.323 e. The molecular weight excluding hydrogens is 336 g/mol. The normalized spacial score (nSPS) is 25.9. The highest BCUT2D eigenvalue weighted by Crippen LogP contribution is 2.28. The second kappa shape index (κ2) is 10.0. The van der Waals surface area contributed by atoms with Crippen molar-refractivity contribution in [3.8, 4) is 0 Å². The largest absolute Gasteiger partial charge is 0.459 e. The summed E-state index contributed by atoms with van der Waals surface area (Å²) in [7, 11) is 0. The number of rotatable bonds is 8. The number of hydrogen-bond acceptors (Lipinski definition) is 6. The van der Waals surface area contributed by atoms with Gasteiger partial charge in [-0.2, -0.15) is 0 Å². The molecule has 0 bridgehead atoms. The average molecular weight is 370 g/mol. The van der Waals surface area contributed by atoms with Gasteiger partial charge in [0.15, 0.2) is 0 Å². The minimum atomic E-state index is -0.567. The molecule has 1 fully saturated rings. The first kappa shape index (κ1) is 22.6. The van der Waals surface area contributed by atoms with Gasteiger partial charge in [0, 0.05) is 19.6 Å². The van der Waals surface area contributed by atoms with Gasteiger partial charge in [0.05, 0.1) is 12.6 Å². The third-order valence-corrected chi connectivity index (χ3v) is 4.21. The molecule has 1 amide bonds. The summed E-state index contributed by atoms with van der Waals surface area (Å²) in [6, 6.07) is -1.19. The fourth-order valence-electron chi connectivity index (χ4n) is 3.33. The lowest BCUT2D eigenvalue weighted by Gasteiger charge is -2.33. The fourth-order valence-corrected chi connectivity index (χ4v) is 3.33. The molecule has 0 unspecified atom stereocenters. The van der Waals surface area contributed by atoms with E-state index in [1.54, 1.807) is 0 Å². The van der Waals surface area contributed by atoms with Crippen LogP contribution in [0, 0.1) is 5.92 Å². The van der Waals surface area contributed by atoms with E-state index in [9.17, 15) is 14.7 Å². The van der Waals surface area contributed by atoms with E-state index >= 15 is 0 Å². The molecule has 1 aliphatic heterocycles. The molecule has 1 heterocycles. The summed E-state index contributed by atoms with van der Waals surface area (Å²) in [6.45, 7) is 10.9. The third-order valence-electron chi connectivity index (χ3n) is 4.21. The molecule has 0 radical (unpaired) electrons. The highest BCUT2D eigenvalue weighted by Gasteiger charge is 2.44. The molecule has 0 aromatic carbocycles. The van der Waals surface area contributed by atoms with Crippen LogP contribution in [0.2, 0.25) is 0 Å². The topological polar surface area (TPSA) is 96.9 Å². The van der Waals surface area contributed by atoms with Gasteiger partial charge in [0.25, 0.3) is 0 Å². The summed E-state index contributed by atoms with van der Waals surface area (Å²) in [5, 5.41) is 15.9. The molecule has 5 atom stereocenters. The second-order valence-electron chi connectivity index (χ2n) is 7.61. The summed E-state index contributed by atoms with van der Waals surface area (Å²) in [5.41, 5.74) is -0.567. The molecule has 26 heavy (non-hydrogen) atoms. The van der Waals surface area contributed by atoms with Gasteiger partial charge in [-0.05, 0) is 47.0 Å². The molecule has 0 spiro atoms. The van der Waals surface area contributed by atoms with E-state index in [4.69, 9.17) is 9.47 Å². The van der Waals surface area contributed by atoms with Crippen LogP contribution in [0.25, 0.3) is 0 Å². The average Bonchev–Trinajstić information content (AvgIpc) is 2.93. The smallest absolute Gasteiger partial charge is 0.323 e. The Hall–Kier alpha value is -1.44. The first-order valence-corrected chi connectivity index (χ1v) is 9.24. The molecule has 1 aliphatic rings. The molecule has 1 saturated heterocycles. The lowest BCUT2D eigenvalue weighted by atomic mass is 9.90. The summed E-state index contributed by atoms with van der Waals surface area (Å²) in [6.07, 6.45) is 3.93. The van der Waals surface area contributed by atoms with E-state index in [0.717, 1.165) is 0 Å². The first-order valence-electron chi connectivity index (χ1n) is 9.24. The van der Waals surface area contributed by atoms with Gasteiger partial charge in [-0.3, -0.25) is 14.9 Å². The van der Waals surface area contributed by atoms with E-state index in [-0.39, 0.29) is 30.4 Å². The van der Waals surface area contributed by atoms with Gasteiger partial charge in [-0.1, -0.05) is 12.2 Å². The lowest BCUT2D eigenvalue weighted by Crippen LogP contribution is -2.58. The number of aliphatic hydroxyl groups is 1.